The molecule has 0 aromatic carbocycles. The Morgan fingerprint density at radius 1 is 1.50 bits per heavy atom. The Kier molecular flexibility index (Phi) is 2.67. The fourth-order valence-corrected chi connectivity index (χ4v) is 3.47. The fraction of sp³-hybridized carbons (Fsp3) is 0.733. The Hall–Kier alpha value is -1.36. The van der Waals surface area contributed by atoms with E-state index < -0.39 is 5.60 Å². The quantitative estimate of drug-likeness (QED) is 0.894. The summed E-state index contributed by atoms with van der Waals surface area (Å²) in [5.74, 6) is 0.784. The Balaban J connectivity index is 1.56. The van der Waals surface area contributed by atoms with E-state index in [-0.39, 0.29) is 5.91 Å². The van der Waals surface area contributed by atoms with Crippen LogP contribution in [0.25, 0.3) is 0 Å². The van der Waals surface area contributed by atoms with Gasteiger partial charge in [-0.05, 0) is 32.6 Å². The van der Waals surface area contributed by atoms with Crippen molar-refractivity contribution in [1.29, 1.82) is 0 Å². The molecule has 3 heterocycles. The van der Waals surface area contributed by atoms with E-state index in [0.717, 1.165) is 25.8 Å². The van der Waals surface area contributed by atoms with E-state index in [1.54, 1.807) is 0 Å². The molecule has 1 atom stereocenters. The number of nitrogens with zero attached hydrogens (tertiary/aromatic N) is 2. The molecule has 0 radical (unpaired) electrons. The monoisotopic (exact) mass is 275 g/mol. The second-order valence-electron chi connectivity index (χ2n) is 6.50. The zero-order valence-corrected chi connectivity index (χ0v) is 11.9. The molecule has 5 heteroatoms. The number of carbonyl (C=O) groups is 1. The molecule has 2 fully saturated rings. The SMILES string of the molecule is C[C@]1(C(=O)N2CCc3[nH]nc(C4CC4)c3C2)CCCO1. The van der Waals surface area contributed by atoms with Gasteiger partial charge in [0.25, 0.3) is 5.91 Å². The molecule has 4 rings (SSSR count). The van der Waals surface area contributed by atoms with Crippen LogP contribution in [0.15, 0.2) is 0 Å². The van der Waals surface area contributed by atoms with Crippen LogP contribution in [-0.4, -0.2) is 39.8 Å². The van der Waals surface area contributed by atoms with E-state index in [4.69, 9.17) is 4.74 Å². The lowest BCUT2D eigenvalue weighted by molar-refractivity contribution is -0.152. The molecule has 3 aliphatic rings. The number of aromatic amines is 1. The summed E-state index contributed by atoms with van der Waals surface area (Å²) in [6.45, 7) is 4.13. The highest BCUT2D eigenvalue weighted by molar-refractivity contribution is 5.85. The van der Waals surface area contributed by atoms with E-state index in [9.17, 15) is 4.79 Å². The molecule has 1 amide bonds. The number of ether oxygens (including phenoxy) is 1. The van der Waals surface area contributed by atoms with Gasteiger partial charge in [-0.1, -0.05) is 0 Å². The average molecular weight is 275 g/mol. The fourth-order valence-electron chi connectivity index (χ4n) is 3.47. The maximum absolute atomic E-state index is 12.7. The molecule has 1 saturated heterocycles. The molecular formula is C15H21N3O2. The number of fused-ring (bicyclic) bond motifs is 1. The van der Waals surface area contributed by atoms with Crippen molar-refractivity contribution >= 4 is 5.91 Å². The maximum atomic E-state index is 12.7. The number of hydrogen-bond acceptors (Lipinski definition) is 3. The summed E-state index contributed by atoms with van der Waals surface area (Å²) in [6, 6.07) is 0. The molecule has 2 aliphatic heterocycles. The van der Waals surface area contributed by atoms with Gasteiger partial charge >= 0.3 is 0 Å². The van der Waals surface area contributed by atoms with Crippen LogP contribution in [0, 0.1) is 0 Å². The summed E-state index contributed by atoms with van der Waals surface area (Å²) in [5, 5.41) is 7.64. The number of amides is 1. The molecule has 0 spiro atoms. The van der Waals surface area contributed by atoms with Crippen LogP contribution in [0.1, 0.15) is 55.5 Å². The van der Waals surface area contributed by atoms with Gasteiger partial charge in [-0.2, -0.15) is 5.10 Å². The molecule has 20 heavy (non-hydrogen) atoms. The van der Waals surface area contributed by atoms with Gasteiger partial charge in [0.15, 0.2) is 0 Å². The van der Waals surface area contributed by atoms with Crippen LogP contribution in [-0.2, 0) is 22.5 Å². The number of hydrogen-bond donors (Lipinski definition) is 1. The third-order valence-electron chi connectivity index (χ3n) is 4.89. The lowest BCUT2D eigenvalue weighted by Gasteiger charge is -2.33. The van der Waals surface area contributed by atoms with Crippen molar-refractivity contribution in [2.45, 2.75) is 57.1 Å². The van der Waals surface area contributed by atoms with Crippen LogP contribution >= 0.6 is 0 Å². The lowest BCUT2D eigenvalue weighted by atomic mass is 9.97. The van der Waals surface area contributed by atoms with Gasteiger partial charge in [0.1, 0.15) is 5.60 Å². The van der Waals surface area contributed by atoms with Crippen molar-refractivity contribution in [3.63, 3.8) is 0 Å². The third-order valence-corrected chi connectivity index (χ3v) is 4.89. The first-order chi connectivity index (χ1) is 9.67. The van der Waals surface area contributed by atoms with Gasteiger partial charge in [0.05, 0.1) is 5.69 Å². The Morgan fingerprint density at radius 2 is 2.35 bits per heavy atom. The van der Waals surface area contributed by atoms with Crippen LogP contribution in [0.2, 0.25) is 0 Å². The van der Waals surface area contributed by atoms with Crippen LogP contribution in [0.3, 0.4) is 0 Å². The second kappa shape index (κ2) is 4.32. The number of aromatic nitrogens is 2. The Bertz CT molecular complexity index is 541. The van der Waals surface area contributed by atoms with E-state index in [2.05, 4.69) is 10.2 Å². The number of nitrogens with one attached hydrogen (secondary N) is 1. The van der Waals surface area contributed by atoms with Crippen molar-refractivity contribution in [2.75, 3.05) is 13.2 Å². The normalized spacial score (nSPS) is 29.6. The van der Waals surface area contributed by atoms with Gasteiger partial charge in [-0.15, -0.1) is 0 Å². The first kappa shape index (κ1) is 12.4. The first-order valence-corrected chi connectivity index (χ1v) is 7.67. The lowest BCUT2D eigenvalue weighted by Crippen LogP contribution is -2.48. The molecule has 0 bridgehead atoms. The summed E-state index contributed by atoms with van der Waals surface area (Å²) in [6.07, 6.45) is 5.20. The molecule has 5 nitrogen and oxygen atoms in total. The van der Waals surface area contributed by atoms with Crippen molar-refractivity contribution in [2.24, 2.45) is 0 Å². The zero-order chi connectivity index (χ0) is 13.7. The summed E-state index contributed by atoms with van der Waals surface area (Å²) in [7, 11) is 0. The van der Waals surface area contributed by atoms with Crippen LogP contribution < -0.4 is 0 Å². The first-order valence-electron chi connectivity index (χ1n) is 7.67. The second-order valence-corrected chi connectivity index (χ2v) is 6.50. The predicted octanol–water partition coefficient (Wildman–Crippen LogP) is 1.74. The van der Waals surface area contributed by atoms with E-state index >= 15 is 0 Å². The van der Waals surface area contributed by atoms with Crippen molar-refractivity contribution in [1.82, 2.24) is 15.1 Å². The minimum atomic E-state index is -0.596. The largest absolute Gasteiger partial charge is 0.365 e. The Morgan fingerprint density at radius 3 is 3.05 bits per heavy atom. The van der Waals surface area contributed by atoms with Gasteiger partial charge in [-0.25, -0.2) is 0 Å². The van der Waals surface area contributed by atoms with Crippen LogP contribution in [0.4, 0.5) is 0 Å². The van der Waals surface area contributed by atoms with E-state index in [0.29, 0.717) is 19.1 Å². The molecule has 1 aromatic rings. The standard InChI is InChI=1S/C15H21N3O2/c1-15(6-2-8-20-15)14(19)18-7-5-12-11(9-18)13(17-16-12)10-3-4-10/h10H,2-9H2,1H3,(H,16,17)/t15-/m1/s1. The minimum absolute atomic E-state index is 0.156. The van der Waals surface area contributed by atoms with Gasteiger partial charge < -0.3 is 9.64 Å². The smallest absolute Gasteiger partial charge is 0.254 e. The van der Waals surface area contributed by atoms with Crippen molar-refractivity contribution in [3.05, 3.63) is 17.0 Å². The summed E-state index contributed by atoms with van der Waals surface area (Å²) in [4.78, 5) is 14.7. The highest BCUT2D eigenvalue weighted by Crippen LogP contribution is 2.42. The van der Waals surface area contributed by atoms with E-state index in [1.807, 2.05) is 11.8 Å². The Labute approximate surface area is 118 Å². The summed E-state index contributed by atoms with van der Waals surface area (Å²) in [5.41, 5.74) is 3.11. The topological polar surface area (TPSA) is 58.2 Å². The number of carbonyl (C=O) groups excluding carboxylic acids is 1. The third kappa shape index (κ3) is 1.87. The molecule has 0 unspecified atom stereocenters. The number of rotatable bonds is 2. The maximum Gasteiger partial charge on any atom is 0.254 e. The molecule has 1 N–H and O–H groups in total. The molecular weight excluding hydrogens is 254 g/mol. The molecule has 108 valence electrons. The number of H-pyrrole nitrogens is 1. The molecule has 1 saturated carbocycles. The minimum Gasteiger partial charge on any atom is -0.365 e. The predicted molar refractivity (Wildman–Crippen MR) is 73.3 cm³/mol. The summed E-state index contributed by atoms with van der Waals surface area (Å²) >= 11 is 0. The zero-order valence-electron chi connectivity index (χ0n) is 11.9. The van der Waals surface area contributed by atoms with Crippen molar-refractivity contribution in [3.8, 4) is 0 Å². The molecule has 1 aromatic heterocycles. The average Bonchev–Trinajstić information content (AvgIpc) is 3.06. The van der Waals surface area contributed by atoms with E-state index in [1.165, 1.54) is 29.8 Å². The van der Waals surface area contributed by atoms with Gasteiger partial charge in [-0.3, -0.25) is 9.89 Å². The van der Waals surface area contributed by atoms with Gasteiger partial charge in [0.2, 0.25) is 0 Å². The van der Waals surface area contributed by atoms with Crippen LogP contribution in [0.5, 0.6) is 0 Å². The van der Waals surface area contributed by atoms with Gasteiger partial charge in [0, 0.05) is 43.3 Å². The highest BCUT2D eigenvalue weighted by atomic mass is 16.5. The molecule has 1 aliphatic carbocycles. The van der Waals surface area contributed by atoms with Crippen molar-refractivity contribution < 1.29 is 9.53 Å². The summed E-state index contributed by atoms with van der Waals surface area (Å²) < 4.78 is 5.70. The highest BCUT2D eigenvalue weighted by Gasteiger charge is 2.42.